The molecule has 3 nitrogen and oxygen atoms in total. The van der Waals surface area contributed by atoms with Crippen molar-refractivity contribution < 1.29 is 12.6 Å². The van der Waals surface area contributed by atoms with E-state index in [-0.39, 0.29) is 6.61 Å². The molecule has 0 saturated carbocycles. The summed E-state index contributed by atoms with van der Waals surface area (Å²) in [5.74, 6) is 0. The second kappa shape index (κ2) is 10.0. The molecule has 52 valence electrons. The van der Waals surface area contributed by atoms with E-state index in [4.69, 9.17) is 0 Å². The highest BCUT2D eigenvalue weighted by molar-refractivity contribution is 7.67. The van der Waals surface area contributed by atoms with Crippen LogP contribution in [-0.2, 0) is 15.2 Å². The van der Waals surface area contributed by atoms with Crippen LogP contribution in [0.3, 0.4) is 0 Å². The molecule has 0 aromatic carbocycles. The van der Waals surface area contributed by atoms with Gasteiger partial charge in [0.2, 0.25) is 0 Å². The Morgan fingerprint density at radius 3 is 1.75 bits per heavy atom. The molecule has 0 radical (unpaired) electrons. The minimum Gasteiger partial charge on any atom is -0.272 e. The van der Waals surface area contributed by atoms with Gasteiger partial charge in [0.25, 0.3) is 11.0 Å². The number of thiol groups is 1. The summed E-state index contributed by atoms with van der Waals surface area (Å²) in [7, 11) is -2.60. The van der Waals surface area contributed by atoms with E-state index in [9.17, 15) is 8.42 Å². The molecule has 0 aliphatic heterocycles. The summed E-state index contributed by atoms with van der Waals surface area (Å²) in [4.78, 5) is 0. The first-order valence-electron chi connectivity index (χ1n) is 2.54. The Labute approximate surface area is 51.8 Å². The van der Waals surface area contributed by atoms with Gasteiger partial charge < -0.3 is 0 Å². The number of rotatable bonds is 2. The van der Waals surface area contributed by atoms with Crippen LogP contribution in [0.4, 0.5) is 0 Å². The van der Waals surface area contributed by atoms with Gasteiger partial charge in [0.15, 0.2) is 0 Å². The topological polar surface area (TPSA) is 43.4 Å². The van der Waals surface area contributed by atoms with E-state index in [1.165, 1.54) is 0 Å². The first-order chi connectivity index (χ1) is 3.77. The zero-order chi connectivity index (χ0) is 6.99. The summed E-state index contributed by atoms with van der Waals surface area (Å²) < 4.78 is 22.8. The Kier molecular flexibility index (Phi) is 13.5. The van der Waals surface area contributed by atoms with E-state index >= 15 is 0 Å². The summed E-state index contributed by atoms with van der Waals surface area (Å²) in [6.45, 7) is 5.85. The average molecular weight is 140 g/mol. The van der Waals surface area contributed by atoms with Gasteiger partial charge in [-0.25, -0.2) is 8.42 Å². The van der Waals surface area contributed by atoms with Crippen molar-refractivity contribution >= 4 is 11.0 Å². The molecule has 0 aliphatic carbocycles. The van der Waals surface area contributed by atoms with Gasteiger partial charge in [0.05, 0.1) is 6.61 Å². The molecule has 0 amide bonds. The molecule has 0 aromatic rings. The highest BCUT2D eigenvalue weighted by atomic mass is 32.2. The molecule has 0 saturated heterocycles. The average Bonchev–Trinajstić information content (AvgIpc) is 1.72. The zero-order valence-electron chi connectivity index (χ0n) is 5.38. The summed E-state index contributed by atoms with van der Waals surface area (Å²) in [6.07, 6.45) is 0. The molecule has 0 aliphatic rings. The molecule has 0 unspecified atom stereocenters. The van der Waals surface area contributed by atoms with E-state index in [2.05, 4.69) is 4.18 Å². The van der Waals surface area contributed by atoms with Crippen LogP contribution < -0.4 is 0 Å². The second-order valence-corrected chi connectivity index (χ2v) is 1.35. The van der Waals surface area contributed by atoms with E-state index in [1.807, 2.05) is 13.8 Å². The molecule has 0 atom stereocenters. The van der Waals surface area contributed by atoms with Crippen LogP contribution in [0.2, 0.25) is 0 Å². The molecule has 0 fully saturated rings. The molecule has 0 aromatic heterocycles. The largest absolute Gasteiger partial charge is 0.272 e. The van der Waals surface area contributed by atoms with Crippen molar-refractivity contribution in [3.63, 3.8) is 0 Å². The SMILES string of the molecule is CC.CCO[SH](=O)=O. The lowest BCUT2D eigenvalue weighted by Crippen LogP contribution is -1.83. The molecule has 0 rings (SSSR count). The maximum Gasteiger partial charge on any atom is 0.257 e. The van der Waals surface area contributed by atoms with E-state index in [0.717, 1.165) is 0 Å². The van der Waals surface area contributed by atoms with Crippen molar-refractivity contribution in [2.24, 2.45) is 0 Å². The maximum absolute atomic E-state index is 9.41. The second-order valence-electron chi connectivity index (χ2n) is 0.641. The third-order valence-electron chi connectivity index (χ3n) is 0.235. The summed E-state index contributed by atoms with van der Waals surface area (Å²) in [5, 5.41) is 0. The Bertz CT molecular complexity index is 79.3. The predicted molar refractivity (Wildman–Crippen MR) is 33.3 cm³/mol. The van der Waals surface area contributed by atoms with Crippen LogP contribution in [0.25, 0.3) is 0 Å². The van der Waals surface area contributed by atoms with Crippen molar-refractivity contribution in [3.05, 3.63) is 0 Å². The molecular weight excluding hydrogens is 128 g/mol. The minimum absolute atomic E-state index is 0.235. The Hall–Kier alpha value is -0.0900. The molecule has 0 bridgehead atoms. The molecule has 0 spiro atoms. The van der Waals surface area contributed by atoms with Crippen LogP contribution in [0.1, 0.15) is 20.8 Å². The van der Waals surface area contributed by atoms with Crippen LogP contribution >= 0.6 is 0 Å². The van der Waals surface area contributed by atoms with Gasteiger partial charge in [-0.3, -0.25) is 4.18 Å². The van der Waals surface area contributed by atoms with Gasteiger partial charge in [-0.2, -0.15) is 0 Å². The van der Waals surface area contributed by atoms with Crippen molar-refractivity contribution in [2.45, 2.75) is 20.8 Å². The summed E-state index contributed by atoms with van der Waals surface area (Å²) in [5.41, 5.74) is 0. The highest BCUT2D eigenvalue weighted by Gasteiger charge is 1.72. The fourth-order valence-corrected chi connectivity index (χ4v) is 0.316. The van der Waals surface area contributed by atoms with Gasteiger partial charge in [-0.15, -0.1) is 0 Å². The van der Waals surface area contributed by atoms with Crippen LogP contribution in [0.5, 0.6) is 0 Å². The molecular formula is C4H12O3S. The molecule has 4 heteroatoms. The van der Waals surface area contributed by atoms with Crippen LogP contribution in [0, 0.1) is 0 Å². The fourth-order valence-electron chi connectivity index (χ4n) is 0.105. The fraction of sp³-hybridized carbons (Fsp3) is 1.00. The molecule has 8 heavy (non-hydrogen) atoms. The Balaban J connectivity index is 0. The lowest BCUT2D eigenvalue weighted by atomic mass is 10.9. The lowest BCUT2D eigenvalue weighted by molar-refractivity contribution is 0.354. The van der Waals surface area contributed by atoms with Crippen molar-refractivity contribution in [1.29, 1.82) is 0 Å². The van der Waals surface area contributed by atoms with Crippen molar-refractivity contribution in [3.8, 4) is 0 Å². The number of hydrogen-bond acceptors (Lipinski definition) is 3. The smallest absolute Gasteiger partial charge is 0.257 e. The van der Waals surface area contributed by atoms with Crippen molar-refractivity contribution in [2.75, 3.05) is 6.61 Å². The first-order valence-corrected chi connectivity index (χ1v) is 3.64. The quantitative estimate of drug-likeness (QED) is 0.570. The maximum atomic E-state index is 9.41. The van der Waals surface area contributed by atoms with Crippen molar-refractivity contribution in [1.82, 2.24) is 0 Å². The lowest BCUT2D eigenvalue weighted by Gasteiger charge is -1.78. The van der Waals surface area contributed by atoms with Crippen LogP contribution in [-0.4, -0.2) is 15.0 Å². The van der Waals surface area contributed by atoms with E-state index in [0.29, 0.717) is 0 Å². The standard InChI is InChI=1S/C2H6O3S.C2H6/c1-2-5-6(3)4;1-2/h6H,2H2,1H3;1-2H3. The predicted octanol–water partition coefficient (Wildman–Crippen LogP) is 0.576. The van der Waals surface area contributed by atoms with Gasteiger partial charge in [-0.1, -0.05) is 13.8 Å². The third-order valence-corrected chi connectivity index (χ3v) is 0.704. The summed E-state index contributed by atoms with van der Waals surface area (Å²) >= 11 is 0. The van der Waals surface area contributed by atoms with E-state index < -0.39 is 11.0 Å². The van der Waals surface area contributed by atoms with Gasteiger partial charge in [0, 0.05) is 0 Å². The minimum atomic E-state index is -2.60. The van der Waals surface area contributed by atoms with Crippen LogP contribution in [0.15, 0.2) is 0 Å². The summed E-state index contributed by atoms with van der Waals surface area (Å²) in [6, 6.07) is 0. The Morgan fingerprint density at radius 2 is 1.75 bits per heavy atom. The third kappa shape index (κ3) is 16.8. The molecule has 0 heterocycles. The first kappa shape index (κ1) is 10.8. The van der Waals surface area contributed by atoms with Gasteiger partial charge >= 0.3 is 0 Å². The number of hydrogen-bond donors (Lipinski definition) is 1. The van der Waals surface area contributed by atoms with E-state index in [1.54, 1.807) is 6.92 Å². The molecule has 0 N–H and O–H groups in total. The highest BCUT2D eigenvalue weighted by Crippen LogP contribution is 1.65. The van der Waals surface area contributed by atoms with Gasteiger partial charge in [-0.05, 0) is 6.92 Å². The normalized spacial score (nSPS) is 8.00. The monoisotopic (exact) mass is 140 g/mol. The van der Waals surface area contributed by atoms with Gasteiger partial charge in [0.1, 0.15) is 0 Å². The zero-order valence-corrected chi connectivity index (χ0v) is 6.27. The Morgan fingerprint density at radius 1 is 1.38 bits per heavy atom.